The molecule has 134 valence electrons. The van der Waals surface area contributed by atoms with Crippen LogP contribution in [0.2, 0.25) is 5.02 Å². The summed E-state index contributed by atoms with van der Waals surface area (Å²) in [5.41, 5.74) is 2.23. The number of hydrogen-bond donors (Lipinski definition) is 1. The van der Waals surface area contributed by atoms with Crippen LogP contribution in [0, 0.1) is 13.8 Å². The third kappa shape index (κ3) is 4.33. The van der Waals surface area contributed by atoms with Gasteiger partial charge in [0.25, 0.3) is 10.0 Å². The number of halogens is 1. The van der Waals surface area contributed by atoms with Crippen LogP contribution in [0.5, 0.6) is 11.5 Å². The Hall–Kier alpha value is -2.57. The van der Waals surface area contributed by atoms with Crippen LogP contribution in [0.4, 0.5) is 5.69 Å². The minimum Gasteiger partial charge on any atom is -0.455 e. The van der Waals surface area contributed by atoms with Crippen molar-refractivity contribution in [2.24, 2.45) is 0 Å². The van der Waals surface area contributed by atoms with Crippen molar-refractivity contribution >= 4 is 27.3 Å². The topological polar surface area (TPSA) is 68.3 Å². The van der Waals surface area contributed by atoms with E-state index < -0.39 is 10.0 Å². The van der Waals surface area contributed by atoms with E-state index >= 15 is 0 Å². The zero-order valence-electron chi connectivity index (χ0n) is 14.2. The average molecular weight is 389 g/mol. The van der Waals surface area contributed by atoms with E-state index in [0.29, 0.717) is 22.2 Å². The summed E-state index contributed by atoms with van der Waals surface area (Å²) in [5, 5.41) is 0.475. The maximum atomic E-state index is 12.5. The summed E-state index contributed by atoms with van der Waals surface area (Å²) >= 11 is 5.90. The molecule has 5 nitrogen and oxygen atoms in total. The normalized spacial score (nSPS) is 11.2. The minimum absolute atomic E-state index is 0.214. The van der Waals surface area contributed by atoms with Crippen LogP contribution in [-0.2, 0) is 10.0 Å². The molecule has 2 aromatic carbocycles. The number of ether oxygens (including phenoxy) is 1. The van der Waals surface area contributed by atoms with Crippen molar-refractivity contribution < 1.29 is 13.2 Å². The number of sulfonamides is 1. The summed E-state index contributed by atoms with van der Waals surface area (Å²) in [4.78, 5) is 4.18. The first-order valence-electron chi connectivity index (χ1n) is 7.82. The van der Waals surface area contributed by atoms with Crippen molar-refractivity contribution in [3.63, 3.8) is 0 Å². The van der Waals surface area contributed by atoms with Gasteiger partial charge in [0, 0.05) is 18.0 Å². The van der Waals surface area contributed by atoms with Crippen LogP contribution in [0.15, 0.2) is 65.8 Å². The first-order valence-corrected chi connectivity index (χ1v) is 9.68. The van der Waals surface area contributed by atoms with Crippen LogP contribution in [0.3, 0.4) is 0 Å². The van der Waals surface area contributed by atoms with Gasteiger partial charge in [-0.15, -0.1) is 0 Å². The smallest absolute Gasteiger partial charge is 0.261 e. The molecule has 0 unspecified atom stereocenters. The van der Waals surface area contributed by atoms with E-state index in [-0.39, 0.29) is 4.90 Å². The first kappa shape index (κ1) is 18.2. The van der Waals surface area contributed by atoms with Gasteiger partial charge in [-0.3, -0.25) is 9.71 Å². The van der Waals surface area contributed by atoms with Crippen LogP contribution in [0.25, 0.3) is 0 Å². The molecule has 1 heterocycles. The third-order valence-electron chi connectivity index (χ3n) is 3.67. The van der Waals surface area contributed by atoms with Gasteiger partial charge in [0.2, 0.25) is 0 Å². The Morgan fingerprint density at radius 1 is 1.00 bits per heavy atom. The second-order valence-corrected chi connectivity index (χ2v) is 7.96. The summed E-state index contributed by atoms with van der Waals surface area (Å²) in [6, 6.07) is 13.4. The second kappa shape index (κ2) is 7.35. The second-order valence-electron chi connectivity index (χ2n) is 5.84. The summed E-state index contributed by atoms with van der Waals surface area (Å²) in [5.74, 6) is 1.10. The van der Waals surface area contributed by atoms with E-state index in [9.17, 15) is 8.42 Å². The molecule has 0 aliphatic carbocycles. The number of nitrogens with one attached hydrogen (secondary N) is 1. The van der Waals surface area contributed by atoms with Gasteiger partial charge >= 0.3 is 0 Å². The predicted molar refractivity (Wildman–Crippen MR) is 102 cm³/mol. The lowest BCUT2D eigenvalue weighted by Crippen LogP contribution is -2.13. The van der Waals surface area contributed by atoms with Crippen molar-refractivity contribution in [2.75, 3.05) is 4.72 Å². The van der Waals surface area contributed by atoms with Crippen molar-refractivity contribution in [3.8, 4) is 11.5 Å². The molecule has 7 heteroatoms. The minimum atomic E-state index is -3.64. The number of anilines is 1. The Balaban J connectivity index is 1.80. The molecule has 1 N–H and O–H groups in total. The summed E-state index contributed by atoms with van der Waals surface area (Å²) in [7, 11) is -3.64. The van der Waals surface area contributed by atoms with Gasteiger partial charge in [-0.25, -0.2) is 8.42 Å². The highest BCUT2D eigenvalue weighted by atomic mass is 35.5. The standard InChI is InChI=1S/C19H17ClN2O3S/c1-13-3-6-18(7-4-13)26(23,24)22-16-5-8-19(14(2)9-16)25-17-10-15(20)11-21-12-17/h3-12,22H,1-2H3. The number of nitrogens with zero attached hydrogens (tertiary/aromatic N) is 1. The molecule has 26 heavy (non-hydrogen) atoms. The van der Waals surface area contributed by atoms with Gasteiger partial charge in [-0.2, -0.15) is 0 Å². The van der Waals surface area contributed by atoms with Gasteiger partial charge < -0.3 is 4.74 Å². The maximum absolute atomic E-state index is 12.5. The number of rotatable bonds is 5. The highest BCUT2D eigenvalue weighted by Gasteiger charge is 2.14. The largest absolute Gasteiger partial charge is 0.455 e. The fourth-order valence-electron chi connectivity index (χ4n) is 2.33. The van der Waals surface area contributed by atoms with Gasteiger partial charge in [-0.05, 0) is 49.7 Å². The van der Waals surface area contributed by atoms with Crippen LogP contribution >= 0.6 is 11.6 Å². The monoisotopic (exact) mass is 388 g/mol. The molecule has 0 fully saturated rings. The first-order chi connectivity index (χ1) is 12.3. The quantitative estimate of drug-likeness (QED) is 0.671. The van der Waals surface area contributed by atoms with Gasteiger partial charge in [0.1, 0.15) is 11.5 Å². The van der Waals surface area contributed by atoms with E-state index in [1.807, 2.05) is 13.8 Å². The highest BCUT2D eigenvalue weighted by molar-refractivity contribution is 7.92. The molecule has 0 spiro atoms. The van der Waals surface area contributed by atoms with Crippen LogP contribution in [0.1, 0.15) is 11.1 Å². The van der Waals surface area contributed by atoms with E-state index in [4.69, 9.17) is 16.3 Å². The van der Waals surface area contributed by atoms with Crippen molar-refractivity contribution in [3.05, 3.63) is 77.1 Å². The predicted octanol–water partition coefficient (Wildman–Crippen LogP) is 4.94. The number of benzene rings is 2. The Bertz CT molecular complexity index is 1030. The number of aromatic nitrogens is 1. The van der Waals surface area contributed by atoms with Crippen LogP contribution < -0.4 is 9.46 Å². The molecule has 0 aliphatic heterocycles. The highest BCUT2D eigenvalue weighted by Crippen LogP contribution is 2.29. The molecule has 1 aromatic heterocycles. The Kier molecular flexibility index (Phi) is 5.15. The van der Waals surface area contributed by atoms with Crippen molar-refractivity contribution in [1.82, 2.24) is 4.98 Å². The Labute approximate surface area is 157 Å². The van der Waals surface area contributed by atoms with Gasteiger partial charge in [-0.1, -0.05) is 29.3 Å². The molecule has 0 aliphatic rings. The average Bonchev–Trinajstić information content (AvgIpc) is 2.57. The molecule has 0 atom stereocenters. The van der Waals surface area contributed by atoms with E-state index in [0.717, 1.165) is 11.1 Å². The Morgan fingerprint density at radius 3 is 2.38 bits per heavy atom. The van der Waals surface area contributed by atoms with Crippen LogP contribution in [-0.4, -0.2) is 13.4 Å². The molecule has 0 saturated heterocycles. The molecule has 0 radical (unpaired) electrons. The van der Waals surface area contributed by atoms with E-state index in [1.165, 1.54) is 6.20 Å². The number of aryl methyl sites for hydroxylation is 2. The fraction of sp³-hybridized carbons (Fsp3) is 0.105. The lowest BCUT2D eigenvalue weighted by molar-refractivity contribution is 0.476. The zero-order valence-corrected chi connectivity index (χ0v) is 15.8. The fourth-order valence-corrected chi connectivity index (χ4v) is 3.55. The van der Waals surface area contributed by atoms with E-state index in [1.54, 1.807) is 54.7 Å². The number of pyridine rings is 1. The molecule has 0 bridgehead atoms. The van der Waals surface area contributed by atoms with Crippen molar-refractivity contribution in [1.29, 1.82) is 0 Å². The van der Waals surface area contributed by atoms with Gasteiger partial charge in [0.05, 0.1) is 16.1 Å². The molecular formula is C19H17ClN2O3S. The lowest BCUT2D eigenvalue weighted by atomic mass is 10.2. The SMILES string of the molecule is Cc1ccc(S(=O)(=O)Nc2ccc(Oc3cncc(Cl)c3)c(C)c2)cc1. The summed E-state index contributed by atoms with van der Waals surface area (Å²) < 4.78 is 33.3. The third-order valence-corrected chi connectivity index (χ3v) is 5.27. The maximum Gasteiger partial charge on any atom is 0.261 e. The molecule has 0 saturated carbocycles. The summed E-state index contributed by atoms with van der Waals surface area (Å²) in [6.45, 7) is 3.73. The van der Waals surface area contributed by atoms with E-state index in [2.05, 4.69) is 9.71 Å². The molecule has 3 aromatic rings. The molecule has 0 amide bonds. The number of hydrogen-bond acceptors (Lipinski definition) is 4. The Morgan fingerprint density at radius 2 is 1.73 bits per heavy atom. The zero-order chi connectivity index (χ0) is 18.7. The van der Waals surface area contributed by atoms with Crippen molar-refractivity contribution in [2.45, 2.75) is 18.7 Å². The lowest BCUT2D eigenvalue weighted by Gasteiger charge is -2.12. The van der Waals surface area contributed by atoms with Gasteiger partial charge in [0.15, 0.2) is 0 Å². The molecule has 3 rings (SSSR count). The molecular weight excluding hydrogens is 372 g/mol. The summed E-state index contributed by atoms with van der Waals surface area (Å²) in [6.07, 6.45) is 3.07.